The number of carbonyl (C=O) groups is 6. The smallest absolute Gasteiger partial charge is 0.305 e. The first-order chi connectivity index (χ1) is 18.0. The van der Waals surface area contributed by atoms with Crippen molar-refractivity contribution in [1.29, 1.82) is 5.41 Å². The number of carboxylic acid groups (broad SMARTS) is 1. The minimum Gasteiger partial charge on any atom is -0.481 e. The molecule has 3 heterocycles. The molecule has 3 aliphatic heterocycles. The highest BCUT2D eigenvalue weighted by atomic mass is 16.4. The van der Waals surface area contributed by atoms with E-state index in [1.54, 1.807) is 0 Å². The van der Waals surface area contributed by atoms with Crippen LogP contribution in [0.2, 0.25) is 0 Å². The van der Waals surface area contributed by atoms with Gasteiger partial charge in [-0.05, 0) is 38.6 Å². The van der Waals surface area contributed by atoms with Gasteiger partial charge in [0.25, 0.3) is 0 Å². The van der Waals surface area contributed by atoms with Crippen LogP contribution < -0.4 is 38.1 Å². The summed E-state index contributed by atoms with van der Waals surface area (Å²) in [7, 11) is 0. The molecule has 0 aromatic rings. The zero-order chi connectivity index (χ0) is 28.0. The summed E-state index contributed by atoms with van der Waals surface area (Å²) >= 11 is 0. The summed E-state index contributed by atoms with van der Waals surface area (Å²) in [5.74, 6) is -5.50. The van der Waals surface area contributed by atoms with Crippen LogP contribution in [-0.2, 0) is 28.8 Å². The van der Waals surface area contributed by atoms with Crippen molar-refractivity contribution in [2.24, 2.45) is 17.4 Å². The van der Waals surface area contributed by atoms with E-state index < -0.39 is 78.6 Å². The van der Waals surface area contributed by atoms with Gasteiger partial charge in [-0.2, -0.15) is 0 Å². The molecule has 3 aliphatic rings. The van der Waals surface area contributed by atoms with Crippen LogP contribution in [0.25, 0.3) is 0 Å². The molecule has 6 atom stereocenters. The van der Waals surface area contributed by atoms with E-state index in [9.17, 15) is 33.9 Å². The molecule has 0 aromatic carbocycles. The van der Waals surface area contributed by atoms with Gasteiger partial charge in [-0.3, -0.25) is 34.2 Å². The first-order valence-electron chi connectivity index (χ1n) is 12.5. The van der Waals surface area contributed by atoms with Gasteiger partial charge < -0.3 is 48.1 Å². The number of nitrogens with zero attached hydrogens (tertiary/aromatic N) is 1. The topological polar surface area (TPSA) is 262 Å². The molecule has 0 aromatic heterocycles. The van der Waals surface area contributed by atoms with Gasteiger partial charge in [-0.1, -0.05) is 0 Å². The third-order valence-corrected chi connectivity index (χ3v) is 7.04. The number of piperidine rings is 1. The largest absolute Gasteiger partial charge is 0.481 e. The quantitative estimate of drug-likeness (QED) is 0.0855. The maximum absolute atomic E-state index is 13.6. The highest BCUT2D eigenvalue weighted by Crippen LogP contribution is 2.35. The van der Waals surface area contributed by atoms with Crippen LogP contribution in [0.1, 0.15) is 38.5 Å². The number of guanidine groups is 1. The van der Waals surface area contributed by atoms with E-state index in [0.29, 0.717) is 25.7 Å². The van der Waals surface area contributed by atoms with Crippen molar-refractivity contribution in [3.63, 3.8) is 0 Å². The van der Waals surface area contributed by atoms with Crippen LogP contribution in [0.4, 0.5) is 0 Å². The molecule has 0 spiro atoms. The molecule has 16 heteroatoms. The summed E-state index contributed by atoms with van der Waals surface area (Å²) in [6.07, 6.45) is 1.05. The van der Waals surface area contributed by atoms with Crippen LogP contribution in [0.3, 0.4) is 0 Å². The second kappa shape index (κ2) is 12.5. The third kappa shape index (κ3) is 6.87. The van der Waals surface area contributed by atoms with E-state index >= 15 is 0 Å². The zero-order valence-corrected chi connectivity index (χ0v) is 20.8. The molecule has 16 nitrogen and oxygen atoms in total. The molecule has 210 valence electrons. The van der Waals surface area contributed by atoms with Gasteiger partial charge >= 0.3 is 5.97 Å². The van der Waals surface area contributed by atoms with Crippen LogP contribution in [0.5, 0.6) is 0 Å². The Hall–Kier alpha value is -3.95. The minimum absolute atomic E-state index is 0.0721. The van der Waals surface area contributed by atoms with E-state index in [1.807, 2.05) is 0 Å². The number of carbonyl (C=O) groups excluding carboxylic acids is 5. The number of nitrogens with two attached hydrogens (primary N) is 2. The molecule has 0 radical (unpaired) electrons. The maximum Gasteiger partial charge on any atom is 0.305 e. The van der Waals surface area contributed by atoms with Crippen LogP contribution >= 0.6 is 0 Å². The molecule has 3 rings (SSSR count). The van der Waals surface area contributed by atoms with Crippen molar-refractivity contribution in [1.82, 2.24) is 31.5 Å². The SMILES string of the molecule is N=C(N)NCCC[C@@H]1NC(=O)[C@@H]2CC[C@H]3C[C@@H](CN)[C@@H](NC(=O)[C@H](CC(=O)O)NC(=O)CNC1=O)C(=O)N32. The fraction of sp³-hybridized carbons (Fsp3) is 0.682. The number of aliphatic carboxylic acids is 1. The lowest BCUT2D eigenvalue weighted by Gasteiger charge is -2.42. The molecule has 2 bridgehead atoms. The van der Waals surface area contributed by atoms with Crippen LogP contribution in [-0.4, -0.2) is 101 Å². The van der Waals surface area contributed by atoms with Gasteiger partial charge in [0.2, 0.25) is 29.5 Å². The van der Waals surface area contributed by atoms with E-state index in [1.165, 1.54) is 4.90 Å². The fourth-order valence-corrected chi connectivity index (χ4v) is 5.20. The van der Waals surface area contributed by atoms with E-state index in [2.05, 4.69) is 26.6 Å². The average molecular weight is 538 g/mol. The van der Waals surface area contributed by atoms with E-state index in [0.717, 1.165) is 0 Å². The predicted molar refractivity (Wildman–Crippen MR) is 131 cm³/mol. The summed E-state index contributed by atoms with van der Waals surface area (Å²) < 4.78 is 0. The van der Waals surface area contributed by atoms with Crippen molar-refractivity contribution in [3.05, 3.63) is 0 Å². The van der Waals surface area contributed by atoms with Crippen molar-refractivity contribution in [2.75, 3.05) is 19.6 Å². The standard InChI is InChI=1S/C22H35N9O7/c23-8-10-6-11-3-4-14-20(37)29-12(2-1-5-26-22(24)25)18(35)27-9-15(32)28-13(7-16(33)34)19(36)30-17(10)21(38)31(11)14/h10-14,17H,1-9,23H2,(H,27,35)(H,28,32)(H,29,37)(H,30,36)(H,33,34)(H4,24,25,26)/t10-,11-,12-,13-,14-,17+/m0/s1. The number of hydrogen-bond donors (Lipinski definition) is 9. The number of carboxylic acids is 1. The highest BCUT2D eigenvalue weighted by Gasteiger charge is 2.50. The summed E-state index contributed by atoms with van der Waals surface area (Å²) in [4.78, 5) is 78.0. The predicted octanol–water partition coefficient (Wildman–Crippen LogP) is -4.35. The lowest BCUT2D eigenvalue weighted by atomic mass is 9.86. The van der Waals surface area contributed by atoms with Crippen molar-refractivity contribution in [2.45, 2.75) is 68.7 Å². The molecule has 11 N–H and O–H groups in total. The van der Waals surface area contributed by atoms with Gasteiger partial charge in [-0.25, -0.2) is 0 Å². The lowest BCUT2D eigenvalue weighted by molar-refractivity contribution is -0.149. The zero-order valence-electron chi connectivity index (χ0n) is 20.8. The van der Waals surface area contributed by atoms with E-state index in [-0.39, 0.29) is 31.5 Å². The summed E-state index contributed by atoms with van der Waals surface area (Å²) in [5, 5.41) is 29.0. The Balaban J connectivity index is 1.90. The van der Waals surface area contributed by atoms with Crippen LogP contribution in [0.15, 0.2) is 0 Å². The summed E-state index contributed by atoms with van der Waals surface area (Å²) in [6, 6.07) is -4.83. The van der Waals surface area contributed by atoms with Crippen molar-refractivity contribution < 1.29 is 33.9 Å². The van der Waals surface area contributed by atoms with Crippen LogP contribution in [0, 0.1) is 11.3 Å². The number of nitrogens with one attached hydrogen (secondary N) is 6. The van der Waals surface area contributed by atoms with Gasteiger partial charge in [-0.15, -0.1) is 0 Å². The van der Waals surface area contributed by atoms with Crippen molar-refractivity contribution >= 4 is 41.5 Å². The fourth-order valence-electron chi connectivity index (χ4n) is 5.20. The Morgan fingerprint density at radius 3 is 2.45 bits per heavy atom. The Kier molecular flexibility index (Phi) is 9.44. The Labute approximate surface area is 218 Å². The molecule has 0 aliphatic carbocycles. The molecular formula is C22H35N9O7. The molecule has 5 amide bonds. The minimum atomic E-state index is -1.51. The normalized spacial score (nSPS) is 30.2. The third-order valence-electron chi connectivity index (χ3n) is 7.04. The first-order valence-corrected chi connectivity index (χ1v) is 12.5. The second-order valence-corrected chi connectivity index (χ2v) is 9.69. The number of fused-ring (bicyclic) bond motifs is 1. The monoisotopic (exact) mass is 537 g/mol. The van der Waals surface area contributed by atoms with E-state index in [4.69, 9.17) is 16.9 Å². The maximum atomic E-state index is 13.6. The van der Waals surface area contributed by atoms with Gasteiger partial charge in [0.1, 0.15) is 24.2 Å². The van der Waals surface area contributed by atoms with Crippen molar-refractivity contribution in [3.8, 4) is 0 Å². The Bertz CT molecular complexity index is 990. The molecular weight excluding hydrogens is 502 g/mol. The number of rotatable bonds is 7. The second-order valence-electron chi connectivity index (χ2n) is 9.69. The molecule has 0 unspecified atom stereocenters. The molecule has 38 heavy (non-hydrogen) atoms. The number of amides is 5. The van der Waals surface area contributed by atoms with Gasteiger partial charge in [0, 0.05) is 18.5 Å². The highest BCUT2D eigenvalue weighted by molar-refractivity contribution is 5.98. The van der Waals surface area contributed by atoms with Gasteiger partial charge in [0.05, 0.1) is 13.0 Å². The number of hydrogen-bond acceptors (Lipinski definition) is 8. The molecule has 0 saturated carbocycles. The Morgan fingerprint density at radius 2 is 1.79 bits per heavy atom. The van der Waals surface area contributed by atoms with Gasteiger partial charge in [0.15, 0.2) is 5.96 Å². The summed E-state index contributed by atoms with van der Waals surface area (Å²) in [6.45, 7) is -0.243. The lowest BCUT2D eigenvalue weighted by Crippen LogP contribution is -2.64. The average Bonchev–Trinajstić information content (AvgIpc) is 3.28. The first kappa shape index (κ1) is 28.6. The molecule has 3 fully saturated rings. The Morgan fingerprint density at radius 1 is 1.05 bits per heavy atom. The summed E-state index contributed by atoms with van der Waals surface area (Å²) in [5.41, 5.74) is 11.2. The molecule has 3 saturated heterocycles.